The minimum atomic E-state index is -0.744. The second-order valence-electron chi connectivity index (χ2n) is 4.82. The first-order chi connectivity index (χ1) is 6.91. The van der Waals surface area contributed by atoms with Gasteiger partial charge < -0.3 is 5.11 Å². The Kier molecular flexibility index (Phi) is 3.45. The molecule has 1 aromatic rings. The summed E-state index contributed by atoms with van der Waals surface area (Å²) >= 11 is 0. The fourth-order valence-electron chi connectivity index (χ4n) is 1.52. The molecule has 3 nitrogen and oxygen atoms in total. The second-order valence-corrected chi connectivity index (χ2v) is 4.82. The summed E-state index contributed by atoms with van der Waals surface area (Å²) in [4.78, 5) is 15.1. The van der Waals surface area contributed by atoms with Crippen molar-refractivity contribution in [2.75, 3.05) is 0 Å². The molecule has 0 aliphatic rings. The molecule has 1 atom stereocenters. The summed E-state index contributed by atoms with van der Waals surface area (Å²) in [5, 5.41) is 9.15. The van der Waals surface area contributed by atoms with E-state index < -0.39 is 5.97 Å². The van der Waals surface area contributed by atoms with Crippen LogP contribution in [0.1, 0.15) is 26.3 Å². The van der Waals surface area contributed by atoms with Gasteiger partial charge in [0.2, 0.25) is 0 Å². The minimum absolute atomic E-state index is 0.234. The van der Waals surface area contributed by atoms with E-state index in [1.165, 1.54) is 0 Å². The Balaban J connectivity index is 2.82. The summed E-state index contributed by atoms with van der Waals surface area (Å²) in [7, 11) is 0. The SMILES string of the molecule is CC(C)(C)[C@@H](Cc1cccnc1)C(=O)O. The highest BCUT2D eigenvalue weighted by Crippen LogP contribution is 2.29. The van der Waals surface area contributed by atoms with Gasteiger partial charge in [-0.3, -0.25) is 9.78 Å². The van der Waals surface area contributed by atoms with Crippen LogP contribution in [0.15, 0.2) is 24.5 Å². The number of hydrogen-bond acceptors (Lipinski definition) is 2. The Bertz CT molecular complexity index is 327. The van der Waals surface area contributed by atoms with Gasteiger partial charge in [-0.05, 0) is 23.5 Å². The molecule has 0 aliphatic carbocycles. The van der Waals surface area contributed by atoms with Gasteiger partial charge in [-0.15, -0.1) is 0 Å². The van der Waals surface area contributed by atoms with Crippen molar-refractivity contribution in [1.82, 2.24) is 4.98 Å². The molecular weight excluding hydrogens is 190 g/mol. The highest BCUT2D eigenvalue weighted by molar-refractivity contribution is 5.71. The molecule has 1 N–H and O–H groups in total. The molecule has 0 aliphatic heterocycles. The first-order valence-electron chi connectivity index (χ1n) is 5.03. The van der Waals surface area contributed by atoms with Gasteiger partial charge in [-0.1, -0.05) is 26.8 Å². The number of pyridine rings is 1. The third-order valence-corrected chi connectivity index (χ3v) is 2.51. The number of rotatable bonds is 3. The van der Waals surface area contributed by atoms with Gasteiger partial charge in [0.15, 0.2) is 0 Å². The van der Waals surface area contributed by atoms with E-state index in [1.54, 1.807) is 12.4 Å². The lowest BCUT2D eigenvalue weighted by molar-refractivity contribution is -0.145. The lowest BCUT2D eigenvalue weighted by atomic mass is 9.77. The van der Waals surface area contributed by atoms with E-state index in [2.05, 4.69) is 4.98 Å². The second kappa shape index (κ2) is 4.43. The number of carboxylic acids is 1. The Hall–Kier alpha value is -1.38. The topological polar surface area (TPSA) is 50.2 Å². The molecule has 0 amide bonds. The Morgan fingerprint density at radius 2 is 2.20 bits per heavy atom. The van der Waals surface area contributed by atoms with Gasteiger partial charge in [0.1, 0.15) is 0 Å². The summed E-state index contributed by atoms with van der Waals surface area (Å²) in [6.45, 7) is 5.84. The third kappa shape index (κ3) is 3.35. The average molecular weight is 207 g/mol. The van der Waals surface area contributed by atoms with Crippen molar-refractivity contribution in [2.45, 2.75) is 27.2 Å². The maximum atomic E-state index is 11.1. The number of hydrogen-bond donors (Lipinski definition) is 1. The van der Waals surface area contributed by atoms with Crippen LogP contribution in [0, 0.1) is 11.3 Å². The lowest BCUT2D eigenvalue weighted by Gasteiger charge is -2.26. The average Bonchev–Trinajstić information content (AvgIpc) is 2.13. The normalized spacial score (nSPS) is 13.5. The van der Waals surface area contributed by atoms with Crippen LogP contribution in [-0.2, 0) is 11.2 Å². The lowest BCUT2D eigenvalue weighted by Crippen LogP contribution is -2.30. The molecule has 0 fully saturated rings. The van der Waals surface area contributed by atoms with Crippen LogP contribution in [0.3, 0.4) is 0 Å². The molecule has 0 aromatic carbocycles. The van der Waals surface area contributed by atoms with E-state index >= 15 is 0 Å². The van der Waals surface area contributed by atoms with Crippen molar-refractivity contribution in [3.63, 3.8) is 0 Å². The summed E-state index contributed by atoms with van der Waals surface area (Å²) in [5.41, 5.74) is 0.738. The third-order valence-electron chi connectivity index (χ3n) is 2.51. The molecule has 0 unspecified atom stereocenters. The van der Waals surface area contributed by atoms with Crippen LogP contribution in [0.25, 0.3) is 0 Å². The fraction of sp³-hybridized carbons (Fsp3) is 0.500. The van der Waals surface area contributed by atoms with E-state index in [-0.39, 0.29) is 11.3 Å². The first-order valence-corrected chi connectivity index (χ1v) is 5.03. The standard InChI is InChI=1S/C12H17NO2/c1-12(2,3)10(11(14)15)7-9-5-4-6-13-8-9/h4-6,8,10H,7H2,1-3H3,(H,14,15)/t10-/m0/s1. The van der Waals surface area contributed by atoms with Crippen LogP contribution in [-0.4, -0.2) is 16.1 Å². The summed E-state index contributed by atoms with van der Waals surface area (Å²) in [6.07, 6.45) is 3.95. The summed E-state index contributed by atoms with van der Waals surface area (Å²) < 4.78 is 0. The number of aliphatic carboxylic acids is 1. The van der Waals surface area contributed by atoms with Crippen LogP contribution in [0.2, 0.25) is 0 Å². The maximum Gasteiger partial charge on any atom is 0.307 e. The predicted molar refractivity (Wildman–Crippen MR) is 58.5 cm³/mol. The van der Waals surface area contributed by atoms with Crippen molar-refractivity contribution in [3.8, 4) is 0 Å². The first kappa shape index (κ1) is 11.7. The van der Waals surface area contributed by atoms with Crippen molar-refractivity contribution < 1.29 is 9.90 Å². The molecule has 1 rings (SSSR count). The van der Waals surface area contributed by atoms with Crippen LogP contribution in [0.5, 0.6) is 0 Å². The molecule has 0 saturated carbocycles. The largest absolute Gasteiger partial charge is 0.481 e. The Morgan fingerprint density at radius 1 is 1.53 bits per heavy atom. The zero-order chi connectivity index (χ0) is 11.5. The summed E-state index contributed by atoms with van der Waals surface area (Å²) in [6, 6.07) is 3.74. The molecule has 0 bridgehead atoms. The smallest absolute Gasteiger partial charge is 0.307 e. The number of carboxylic acid groups (broad SMARTS) is 1. The molecule has 0 radical (unpaired) electrons. The molecule has 1 heterocycles. The van der Waals surface area contributed by atoms with Gasteiger partial charge in [0, 0.05) is 12.4 Å². The van der Waals surface area contributed by atoms with Gasteiger partial charge >= 0.3 is 5.97 Å². The Labute approximate surface area is 90.2 Å². The highest BCUT2D eigenvalue weighted by Gasteiger charge is 2.31. The maximum absolute atomic E-state index is 11.1. The molecule has 1 aromatic heterocycles. The highest BCUT2D eigenvalue weighted by atomic mass is 16.4. The number of carbonyl (C=O) groups is 1. The quantitative estimate of drug-likeness (QED) is 0.827. The van der Waals surface area contributed by atoms with Crippen LogP contribution < -0.4 is 0 Å². The van der Waals surface area contributed by atoms with E-state index in [0.29, 0.717) is 6.42 Å². The predicted octanol–water partition coefficient (Wildman–Crippen LogP) is 2.37. The van der Waals surface area contributed by atoms with Crippen molar-refractivity contribution >= 4 is 5.97 Å². The zero-order valence-corrected chi connectivity index (χ0v) is 9.40. The van der Waals surface area contributed by atoms with E-state index in [1.807, 2.05) is 32.9 Å². The number of nitrogens with zero attached hydrogens (tertiary/aromatic N) is 1. The number of aromatic nitrogens is 1. The molecule has 3 heteroatoms. The summed E-state index contributed by atoms with van der Waals surface area (Å²) in [5.74, 6) is -1.12. The van der Waals surface area contributed by atoms with E-state index in [0.717, 1.165) is 5.56 Å². The molecule has 0 spiro atoms. The fourth-order valence-corrected chi connectivity index (χ4v) is 1.52. The zero-order valence-electron chi connectivity index (χ0n) is 9.40. The van der Waals surface area contributed by atoms with Crippen LogP contribution >= 0.6 is 0 Å². The van der Waals surface area contributed by atoms with Gasteiger partial charge in [0.05, 0.1) is 5.92 Å². The van der Waals surface area contributed by atoms with Crippen molar-refractivity contribution in [3.05, 3.63) is 30.1 Å². The minimum Gasteiger partial charge on any atom is -0.481 e. The van der Waals surface area contributed by atoms with Gasteiger partial charge in [0.25, 0.3) is 0 Å². The molecular formula is C12H17NO2. The van der Waals surface area contributed by atoms with Gasteiger partial charge in [-0.25, -0.2) is 0 Å². The molecule has 15 heavy (non-hydrogen) atoms. The monoisotopic (exact) mass is 207 g/mol. The van der Waals surface area contributed by atoms with Crippen molar-refractivity contribution in [2.24, 2.45) is 11.3 Å². The van der Waals surface area contributed by atoms with Crippen LogP contribution in [0.4, 0.5) is 0 Å². The van der Waals surface area contributed by atoms with E-state index in [4.69, 9.17) is 5.11 Å². The molecule has 82 valence electrons. The Morgan fingerprint density at radius 3 is 2.60 bits per heavy atom. The molecule has 0 saturated heterocycles. The van der Waals surface area contributed by atoms with Crippen molar-refractivity contribution in [1.29, 1.82) is 0 Å². The van der Waals surface area contributed by atoms with E-state index in [9.17, 15) is 4.79 Å². The van der Waals surface area contributed by atoms with Gasteiger partial charge in [-0.2, -0.15) is 0 Å².